The average molecular weight is 349 g/mol. The van der Waals surface area contributed by atoms with E-state index in [-0.39, 0.29) is 10.6 Å². The standard InChI is InChI=1S/C16H17ClN4OS/c1-10-7-11-8-18-14(12-5-3-4-6-13(12)17)15-19-20(2)9-21(15)16(11)23(10)22/h3-7,10,16H,8-9H2,1-2H3. The van der Waals surface area contributed by atoms with Crippen LogP contribution in [0, 0.1) is 0 Å². The van der Waals surface area contributed by atoms with E-state index in [2.05, 4.69) is 16.1 Å². The monoisotopic (exact) mass is 348 g/mol. The van der Waals surface area contributed by atoms with Gasteiger partial charge in [-0.3, -0.25) is 14.9 Å². The van der Waals surface area contributed by atoms with Gasteiger partial charge in [-0.05, 0) is 30.2 Å². The third-order valence-electron chi connectivity index (χ3n) is 4.29. The van der Waals surface area contributed by atoms with Gasteiger partial charge in [0.05, 0.1) is 11.6 Å². The Bertz CT molecular complexity index is 747. The quantitative estimate of drug-likeness (QED) is 0.576. The molecule has 0 amide bonds. The van der Waals surface area contributed by atoms with Gasteiger partial charge in [-0.1, -0.05) is 29.8 Å². The maximum atomic E-state index is 12.7. The second-order valence-corrected chi connectivity index (χ2v) is 8.22. The summed E-state index contributed by atoms with van der Waals surface area (Å²) in [5.74, 6) is 0.761. The second kappa shape index (κ2) is 5.54. The fourth-order valence-corrected chi connectivity index (χ4v) is 5.08. The van der Waals surface area contributed by atoms with Crippen molar-refractivity contribution >= 4 is 34.3 Å². The van der Waals surface area contributed by atoms with E-state index in [1.165, 1.54) is 0 Å². The first-order chi connectivity index (χ1) is 11.1. The van der Waals surface area contributed by atoms with Crippen molar-refractivity contribution in [2.24, 2.45) is 10.1 Å². The van der Waals surface area contributed by atoms with Crippen LogP contribution in [-0.4, -0.2) is 56.9 Å². The highest BCUT2D eigenvalue weighted by atomic mass is 35.5. The van der Waals surface area contributed by atoms with Crippen molar-refractivity contribution in [1.29, 1.82) is 0 Å². The van der Waals surface area contributed by atoms with Crippen LogP contribution in [0.4, 0.5) is 0 Å². The number of benzene rings is 1. The van der Waals surface area contributed by atoms with Crippen LogP contribution in [-0.2, 0) is 11.2 Å². The number of amidine groups is 1. The molecule has 3 atom stereocenters. The van der Waals surface area contributed by atoms with Crippen molar-refractivity contribution in [3.63, 3.8) is 0 Å². The van der Waals surface area contributed by atoms with Crippen LogP contribution in [0.15, 0.2) is 46.0 Å². The number of nitrogens with zero attached hydrogens (tertiary/aromatic N) is 4. The van der Waals surface area contributed by atoms with Crippen molar-refractivity contribution in [1.82, 2.24) is 9.91 Å². The van der Waals surface area contributed by atoms with Crippen LogP contribution in [0.5, 0.6) is 0 Å². The number of hydrogen-bond acceptors (Lipinski definition) is 5. The SMILES string of the molecule is CC1C=C2CN=C(c3ccccc3Cl)C3=NN(C)CN3C2[S+]1[O-]. The molecule has 3 unspecified atom stereocenters. The first-order valence-corrected chi connectivity index (χ1v) is 9.18. The molecule has 0 radical (unpaired) electrons. The van der Waals surface area contributed by atoms with E-state index in [9.17, 15) is 4.55 Å². The zero-order chi connectivity index (χ0) is 16.1. The van der Waals surface area contributed by atoms with Gasteiger partial charge in [0.2, 0.25) is 5.37 Å². The molecule has 3 heterocycles. The van der Waals surface area contributed by atoms with Gasteiger partial charge in [0.1, 0.15) is 17.6 Å². The lowest BCUT2D eigenvalue weighted by molar-refractivity contribution is 0.274. The number of aliphatic imine (C=N–C) groups is 1. The lowest BCUT2D eigenvalue weighted by Gasteiger charge is -2.28. The molecule has 3 aliphatic heterocycles. The third kappa shape index (κ3) is 2.36. The fourth-order valence-electron chi connectivity index (χ4n) is 3.27. The molecule has 0 saturated heterocycles. The number of fused-ring (bicyclic) bond motifs is 3. The van der Waals surface area contributed by atoms with E-state index in [1.54, 1.807) is 0 Å². The molecule has 0 spiro atoms. The molecular weight excluding hydrogens is 332 g/mol. The van der Waals surface area contributed by atoms with Crippen molar-refractivity contribution in [2.45, 2.75) is 17.5 Å². The molecule has 0 bridgehead atoms. The molecule has 3 aliphatic rings. The van der Waals surface area contributed by atoms with Gasteiger partial charge >= 0.3 is 0 Å². The first-order valence-electron chi connectivity index (χ1n) is 7.52. The summed E-state index contributed by atoms with van der Waals surface area (Å²) in [5, 5.41) is 7.03. The Morgan fingerprint density at radius 2 is 2.13 bits per heavy atom. The molecule has 1 aromatic carbocycles. The van der Waals surface area contributed by atoms with Crippen LogP contribution in [0.3, 0.4) is 0 Å². The normalized spacial score (nSPS) is 29.6. The Labute approximate surface area is 143 Å². The molecule has 0 saturated carbocycles. The van der Waals surface area contributed by atoms with E-state index >= 15 is 0 Å². The molecule has 0 fully saturated rings. The van der Waals surface area contributed by atoms with Gasteiger partial charge in [-0.25, -0.2) is 0 Å². The van der Waals surface area contributed by atoms with Crippen molar-refractivity contribution in [3.8, 4) is 0 Å². The highest BCUT2D eigenvalue weighted by Crippen LogP contribution is 2.34. The molecule has 4 rings (SSSR count). The topological polar surface area (TPSA) is 54.3 Å². The minimum Gasteiger partial charge on any atom is -0.614 e. The lowest BCUT2D eigenvalue weighted by atomic mass is 10.1. The molecular formula is C16H17ClN4OS. The summed E-state index contributed by atoms with van der Waals surface area (Å²) in [7, 11) is 1.91. The maximum absolute atomic E-state index is 12.7. The van der Waals surface area contributed by atoms with Crippen LogP contribution in [0.2, 0.25) is 5.02 Å². The predicted octanol–water partition coefficient (Wildman–Crippen LogP) is 2.06. The Hall–Kier alpha value is -1.50. The van der Waals surface area contributed by atoms with E-state index in [1.807, 2.05) is 43.2 Å². The van der Waals surface area contributed by atoms with Crippen LogP contribution >= 0.6 is 11.6 Å². The first kappa shape index (κ1) is 15.1. The number of hydrazone groups is 1. The highest BCUT2D eigenvalue weighted by Gasteiger charge is 2.47. The summed E-state index contributed by atoms with van der Waals surface area (Å²) >= 11 is 5.39. The van der Waals surface area contributed by atoms with Gasteiger partial charge in [0.15, 0.2) is 5.84 Å². The number of halogens is 1. The molecule has 7 heteroatoms. The molecule has 0 N–H and O–H groups in total. The number of rotatable bonds is 1. The zero-order valence-electron chi connectivity index (χ0n) is 12.9. The van der Waals surface area contributed by atoms with E-state index in [4.69, 9.17) is 16.6 Å². The van der Waals surface area contributed by atoms with Crippen molar-refractivity contribution < 1.29 is 4.55 Å². The van der Waals surface area contributed by atoms with E-state index < -0.39 is 11.2 Å². The highest BCUT2D eigenvalue weighted by molar-refractivity contribution is 7.93. The van der Waals surface area contributed by atoms with Gasteiger partial charge in [-0.15, -0.1) is 0 Å². The summed E-state index contributed by atoms with van der Waals surface area (Å²) in [6, 6.07) is 7.65. The summed E-state index contributed by atoms with van der Waals surface area (Å²) in [6.45, 7) is 3.15. The predicted molar refractivity (Wildman–Crippen MR) is 94.2 cm³/mol. The molecule has 0 aromatic heterocycles. The lowest BCUT2D eigenvalue weighted by Crippen LogP contribution is -2.46. The summed E-state index contributed by atoms with van der Waals surface area (Å²) in [4.78, 5) is 6.87. The van der Waals surface area contributed by atoms with Crippen LogP contribution in [0.25, 0.3) is 0 Å². The van der Waals surface area contributed by atoms with Crippen molar-refractivity contribution in [2.75, 3.05) is 20.3 Å². The van der Waals surface area contributed by atoms with Gasteiger partial charge < -0.3 is 4.55 Å². The minimum atomic E-state index is -0.978. The smallest absolute Gasteiger partial charge is 0.215 e. The fraction of sp³-hybridized carbons (Fsp3) is 0.375. The van der Waals surface area contributed by atoms with Gasteiger partial charge in [-0.2, -0.15) is 5.10 Å². The molecule has 120 valence electrons. The van der Waals surface area contributed by atoms with Crippen LogP contribution < -0.4 is 0 Å². The van der Waals surface area contributed by atoms with Crippen molar-refractivity contribution in [3.05, 3.63) is 46.5 Å². The molecule has 1 aromatic rings. The summed E-state index contributed by atoms with van der Waals surface area (Å²) in [6.07, 6.45) is 2.09. The Kier molecular flexibility index (Phi) is 3.63. The van der Waals surface area contributed by atoms with Crippen LogP contribution in [0.1, 0.15) is 12.5 Å². The van der Waals surface area contributed by atoms with E-state index in [0.29, 0.717) is 18.2 Å². The Morgan fingerprint density at radius 3 is 2.91 bits per heavy atom. The second-order valence-electron chi connectivity index (χ2n) is 5.96. The van der Waals surface area contributed by atoms with E-state index in [0.717, 1.165) is 22.7 Å². The largest absolute Gasteiger partial charge is 0.614 e. The van der Waals surface area contributed by atoms with Gasteiger partial charge in [0, 0.05) is 18.2 Å². The molecule has 5 nitrogen and oxygen atoms in total. The Balaban J connectivity index is 1.84. The summed E-state index contributed by atoms with van der Waals surface area (Å²) < 4.78 is 12.7. The Morgan fingerprint density at radius 1 is 1.35 bits per heavy atom. The minimum absolute atomic E-state index is 0.0548. The summed E-state index contributed by atoms with van der Waals surface area (Å²) in [5.41, 5.74) is 2.76. The molecule has 0 aliphatic carbocycles. The van der Waals surface area contributed by atoms with Gasteiger partial charge in [0.25, 0.3) is 0 Å². The molecule has 23 heavy (non-hydrogen) atoms. The third-order valence-corrected chi connectivity index (χ3v) is 6.49. The maximum Gasteiger partial charge on any atom is 0.215 e. The number of hydrogen-bond donors (Lipinski definition) is 0. The zero-order valence-corrected chi connectivity index (χ0v) is 14.5. The average Bonchev–Trinajstić information content (AvgIpc) is 2.98.